The number of hydrogen-bond acceptors (Lipinski definition) is 2. The molecule has 4 rings (SSSR count). The van der Waals surface area contributed by atoms with Crippen molar-refractivity contribution in [3.05, 3.63) is 65.2 Å². The maximum Gasteiger partial charge on any atom is 0.238 e. The first-order valence-corrected chi connectivity index (χ1v) is 6.40. The van der Waals surface area contributed by atoms with Crippen LogP contribution in [0.3, 0.4) is 0 Å². The predicted octanol–water partition coefficient (Wildman–Crippen LogP) is 2.17. The number of fused-ring (bicyclic) bond motifs is 3. The van der Waals surface area contributed by atoms with Gasteiger partial charge >= 0.3 is 0 Å². The Morgan fingerprint density at radius 2 is 1.84 bits per heavy atom. The lowest BCUT2D eigenvalue weighted by atomic mass is 9.77. The summed E-state index contributed by atoms with van der Waals surface area (Å²) >= 11 is 0. The number of carbonyl (C=O) groups is 1. The molecule has 2 N–H and O–H groups in total. The standard InChI is InChI=1S/C16H13NO2/c18-14-11-6-2-1-5-10(11)9-16(14)12-7-3-4-8-13(12)17-15(16)19/h1-8,14,18H,9H2,(H,17,19)/t14-,16-/m0/s1. The number of aliphatic hydroxyl groups is 1. The van der Waals surface area contributed by atoms with Gasteiger partial charge < -0.3 is 10.4 Å². The smallest absolute Gasteiger partial charge is 0.238 e. The van der Waals surface area contributed by atoms with E-state index in [0.717, 1.165) is 22.4 Å². The highest BCUT2D eigenvalue weighted by Gasteiger charge is 2.56. The maximum atomic E-state index is 12.5. The zero-order valence-electron chi connectivity index (χ0n) is 10.3. The van der Waals surface area contributed by atoms with Crippen LogP contribution in [-0.2, 0) is 16.6 Å². The van der Waals surface area contributed by atoms with Gasteiger partial charge in [-0.1, -0.05) is 42.5 Å². The highest BCUT2D eigenvalue weighted by atomic mass is 16.3. The number of hydrogen-bond donors (Lipinski definition) is 2. The molecule has 3 heteroatoms. The molecule has 1 aliphatic heterocycles. The number of nitrogens with one attached hydrogen (secondary N) is 1. The van der Waals surface area contributed by atoms with E-state index in [0.29, 0.717) is 6.42 Å². The minimum absolute atomic E-state index is 0.0996. The van der Waals surface area contributed by atoms with Crippen LogP contribution in [-0.4, -0.2) is 11.0 Å². The van der Waals surface area contributed by atoms with Gasteiger partial charge in [0.05, 0.1) is 6.10 Å². The van der Waals surface area contributed by atoms with Crippen LogP contribution in [0, 0.1) is 0 Å². The Morgan fingerprint density at radius 1 is 1.11 bits per heavy atom. The molecule has 0 saturated heterocycles. The van der Waals surface area contributed by atoms with Gasteiger partial charge in [0.1, 0.15) is 5.41 Å². The molecule has 2 atom stereocenters. The highest BCUT2D eigenvalue weighted by Crippen LogP contribution is 2.53. The van der Waals surface area contributed by atoms with Gasteiger partial charge in [-0.3, -0.25) is 4.79 Å². The Balaban J connectivity index is 1.96. The molecule has 3 nitrogen and oxygen atoms in total. The minimum atomic E-state index is -0.847. The van der Waals surface area contributed by atoms with E-state index in [1.54, 1.807) is 0 Å². The van der Waals surface area contributed by atoms with Crippen LogP contribution in [0.2, 0.25) is 0 Å². The number of benzene rings is 2. The number of para-hydroxylation sites is 1. The van der Waals surface area contributed by atoms with Gasteiger partial charge in [0.25, 0.3) is 0 Å². The van der Waals surface area contributed by atoms with E-state index in [4.69, 9.17) is 0 Å². The Labute approximate surface area is 110 Å². The molecule has 1 spiro atoms. The highest BCUT2D eigenvalue weighted by molar-refractivity contribution is 6.07. The molecular weight excluding hydrogens is 238 g/mol. The zero-order chi connectivity index (χ0) is 13.0. The molecule has 0 fully saturated rings. The minimum Gasteiger partial charge on any atom is -0.387 e. The second-order valence-corrected chi connectivity index (χ2v) is 5.25. The third kappa shape index (κ3) is 1.18. The summed E-state index contributed by atoms with van der Waals surface area (Å²) in [6.45, 7) is 0. The summed E-state index contributed by atoms with van der Waals surface area (Å²) < 4.78 is 0. The zero-order valence-corrected chi connectivity index (χ0v) is 10.3. The fraction of sp³-hybridized carbons (Fsp3) is 0.188. The second kappa shape index (κ2) is 3.45. The van der Waals surface area contributed by atoms with Gasteiger partial charge in [-0.25, -0.2) is 0 Å². The van der Waals surface area contributed by atoms with Crippen molar-refractivity contribution < 1.29 is 9.90 Å². The van der Waals surface area contributed by atoms with Crippen molar-refractivity contribution in [3.63, 3.8) is 0 Å². The largest absolute Gasteiger partial charge is 0.387 e. The Hall–Kier alpha value is -2.13. The molecule has 19 heavy (non-hydrogen) atoms. The Morgan fingerprint density at radius 3 is 2.68 bits per heavy atom. The SMILES string of the molecule is O=C1Nc2ccccc2[C@]12Cc1ccccc1[C@@H]2O. The van der Waals surface area contributed by atoms with Crippen molar-refractivity contribution >= 4 is 11.6 Å². The average Bonchev–Trinajstić information content (AvgIpc) is 2.89. The van der Waals surface area contributed by atoms with Gasteiger partial charge in [-0.15, -0.1) is 0 Å². The monoisotopic (exact) mass is 251 g/mol. The summed E-state index contributed by atoms with van der Waals surface area (Å²) in [4.78, 5) is 12.5. The van der Waals surface area contributed by atoms with E-state index >= 15 is 0 Å². The molecular formula is C16H13NO2. The van der Waals surface area contributed by atoms with Crippen LogP contribution < -0.4 is 5.32 Å². The van der Waals surface area contributed by atoms with Crippen molar-refractivity contribution in [1.29, 1.82) is 0 Å². The molecule has 0 saturated carbocycles. The topological polar surface area (TPSA) is 49.3 Å². The van der Waals surface area contributed by atoms with Gasteiger partial charge in [-0.05, 0) is 29.2 Å². The summed E-state index contributed by atoms with van der Waals surface area (Å²) in [5, 5.41) is 13.6. The van der Waals surface area contributed by atoms with Gasteiger partial charge in [0.2, 0.25) is 5.91 Å². The second-order valence-electron chi connectivity index (χ2n) is 5.25. The average molecular weight is 251 g/mol. The van der Waals surface area contributed by atoms with E-state index in [-0.39, 0.29) is 5.91 Å². The van der Waals surface area contributed by atoms with Crippen LogP contribution in [0.25, 0.3) is 0 Å². The molecule has 1 heterocycles. The normalized spacial score (nSPS) is 27.2. The lowest BCUT2D eigenvalue weighted by molar-refractivity contribution is -0.124. The Kier molecular flexibility index (Phi) is 1.96. The predicted molar refractivity (Wildman–Crippen MR) is 71.9 cm³/mol. The first-order chi connectivity index (χ1) is 9.23. The first kappa shape index (κ1) is 10.8. The van der Waals surface area contributed by atoms with Crippen LogP contribution in [0.15, 0.2) is 48.5 Å². The van der Waals surface area contributed by atoms with Crippen molar-refractivity contribution in [1.82, 2.24) is 0 Å². The molecule has 2 aromatic rings. The molecule has 0 aromatic heterocycles. The van der Waals surface area contributed by atoms with Crippen molar-refractivity contribution in [3.8, 4) is 0 Å². The van der Waals surface area contributed by atoms with Crippen LogP contribution in [0.4, 0.5) is 5.69 Å². The van der Waals surface area contributed by atoms with Crippen LogP contribution >= 0.6 is 0 Å². The summed E-state index contributed by atoms with van der Waals surface area (Å²) in [6.07, 6.45) is -0.208. The fourth-order valence-corrected chi connectivity index (χ4v) is 3.41. The fourth-order valence-electron chi connectivity index (χ4n) is 3.41. The molecule has 0 unspecified atom stereocenters. The van der Waals surface area contributed by atoms with E-state index < -0.39 is 11.5 Å². The van der Waals surface area contributed by atoms with Crippen LogP contribution in [0.1, 0.15) is 22.8 Å². The molecule has 1 amide bonds. The van der Waals surface area contributed by atoms with Crippen molar-refractivity contribution in [2.75, 3.05) is 5.32 Å². The quantitative estimate of drug-likeness (QED) is 0.754. The van der Waals surface area contributed by atoms with Crippen LogP contribution in [0.5, 0.6) is 0 Å². The lowest BCUT2D eigenvalue weighted by Crippen LogP contribution is -2.38. The summed E-state index contributed by atoms with van der Waals surface area (Å²) in [6, 6.07) is 15.4. The summed E-state index contributed by atoms with van der Waals surface area (Å²) in [7, 11) is 0. The van der Waals surface area contributed by atoms with Gasteiger partial charge in [0, 0.05) is 5.69 Å². The number of carbonyl (C=O) groups excluding carboxylic acids is 1. The molecule has 94 valence electrons. The van der Waals surface area contributed by atoms with E-state index in [2.05, 4.69) is 5.32 Å². The number of rotatable bonds is 0. The number of aliphatic hydroxyl groups excluding tert-OH is 1. The van der Waals surface area contributed by atoms with E-state index in [9.17, 15) is 9.90 Å². The van der Waals surface area contributed by atoms with E-state index in [1.165, 1.54) is 0 Å². The molecule has 0 bridgehead atoms. The third-order valence-electron chi connectivity index (χ3n) is 4.35. The van der Waals surface area contributed by atoms with Crippen molar-refractivity contribution in [2.45, 2.75) is 17.9 Å². The first-order valence-electron chi connectivity index (χ1n) is 6.40. The van der Waals surface area contributed by atoms with E-state index in [1.807, 2.05) is 48.5 Å². The maximum absolute atomic E-state index is 12.5. The van der Waals surface area contributed by atoms with Gasteiger partial charge in [0.15, 0.2) is 0 Å². The Bertz CT molecular complexity index is 695. The number of amides is 1. The third-order valence-corrected chi connectivity index (χ3v) is 4.35. The number of anilines is 1. The molecule has 2 aromatic carbocycles. The van der Waals surface area contributed by atoms with Gasteiger partial charge in [-0.2, -0.15) is 0 Å². The van der Waals surface area contributed by atoms with Crippen molar-refractivity contribution in [2.24, 2.45) is 0 Å². The summed E-state index contributed by atoms with van der Waals surface area (Å²) in [5.74, 6) is -0.0996. The molecule has 1 aliphatic carbocycles. The lowest BCUT2D eigenvalue weighted by Gasteiger charge is -2.25. The molecule has 0 radical (unpaired) electrons. The summed E-state index contributed by atoms with van der Waals surface area (Å²) in [5.41, 5.74) is 2.81. The molecule has 2 aliphatic rings.